The monoisotopic (exact) mass is 284 g/mol. The molecule has 0 spiro atoms. The standard InChI is InChI=1S/C16H21BN2O2/c1-12-5-7-13(8-6-12)11-14(15(20)21-4)17-16-18(2)9-10-19(16)3/h5-10,14H,11H2,1-4H3. The average molecular weight is 284 g/mol. The second-order valence-corrected chi connectivity index (χ2v) is 5.36. The summed E-state index contributed by atoms with van der Waals surface area (Å²) in [4.78, 5) is 12.1. The molecule has 2 aromatic rings. The second kappa shape index (κ2) is 6.61. The van der Waals surface area contributed by atoms with Gasteiger partial charge < -0.3 is 4.74 Å². The molecular formula is C16H21BN2O2. The van der Waals surface area contributed by atoms with Gasteiger partial charge in [0.15, 0.2) is 0 Å². The van der Waals surface area contributed by atoms with Crippen molar-refractivity contribution >= 4 is 19.0 Å². The van der Waals surface area contributed by atoms with Gasteiger partial charge in [0.05, 0.1) is 21.2 Å². The topological polar surface area (TPSA) is 35.1 Å². The molecule has 1 unspecified atom stereocenters. The average Bonchev–Trinajstić information content (AvgIpc) is 2.79. The molecule has 0 N–H and O–H groups in total. The van der Waals surface area contributed by atoms with Gasteiger partial charge in [-0.1, -0.05) is 41.8 Å². The van der Waals surface area contributed by atoms with E-state index >= 15 is 0 Å². The number of carbonyl (C=O) groups excluding carboxylic acids is 1. The number of methoxy groups -OCH3 is 1. The highest BCUT2D eigenvalue weighted by atomic mass is 16.5. The van der Waals surface area contributed by atoms with Crippen LogP contribution in [0.5, 0.6) is 0 Å². The third kappa shape index (κ3) is 3.75. The molecule has 0 aliphatic heterocycles. The molecule has 110 valence electrons. The summed E-state index contributed by atoms with van der Waals surface area (Å²) in [5.74, 6) is -0.505. The third-order valence-electron chi connectivity index (χ3n) is 3.67. The minimum atomic E-state index is -0.294. The molecule has 0 bridgehead atoms. The number of esters is 1. The van der Waals surface area contributed by atoms with Gasteiger partial charge in [0.1, 0.15) is 12.4 Å². The normalized spacial score (nSPS) is 12.2. The van der Waals surface area contributed by atoms with E-state index in [-0.39, 0.29) is 11.8 Å². The molecule has 0 aliphatic carbocycles. The minimum absolute atomic E-state index is 0.211. The molecule has 2 radical (unpaired) electrons. The highest BCUT2D eigenvalue weighted by molar-refractivity contribution is 6.56. The van der Waals surface area contributed by atoms with Crippen LogP contribution in [0, 0.1) is 6.92 Å². The highest BCUT2D eigenvalue weighted by Gasteiger charge is 2.14. The number of rotatable bonds is 5. The zero-order valence-corrected chi connectivity index (χ0v) is 13.0. The van der Waals surface area contributed by atoms with Crippen LogP contribution < -0.4 is 10.3 Å². The molecule has 2 rings (SSSR count). The van der Waals surface area contributed by atoms with Gasteiger partial charge in [-0.15, -0.1) is 5.82 Å². The molecule has 1 atom stereocenters. The fraction of sp³-hybridized carbons (Fsp3) is 0.375. The lowest BCUT2D eigenvalue weighted by molar-refractivity contribution is -0.653. The van der Waals surface area contributed by atoms with Gasteiger partial charge in [-0.25, -0.2) is 0 Å². The number of aryl methyl sites for hydroxylation is 3. The summed E-state index contributed by atoms with van der Waals surface area (Å²) < 4.78 is 8.93. The first-order chi connectivity index (χ1) is 10.0. The fourth-order valence-electron chi connectivity index (χ4n) is 2.36. The van der Waals surface area contributed by atoms with Gasteiger partial charge in [-0.2, -0.15) is 7.28 Å². The summed E-state index contributed by atoms with van der Waals surface area (Å²) in [6.07, 6.45) is 4.57. The Morgan fingerprint density at radius 3 is 2.57 bits per heavy atom. The first-order valence-corrected chi connectivity index (χ1v) is 7.00. The van der Waals surface area contributed by atoms with Crippen LogP contribution in [-0.2, 0) is 30.0 Å². The van der Waals surface area contributed by atoms with Crippen molar-refractivity contribution < 1.29 is 14.1 Å². The van der Waals surface area contributed by atoms with Crippen molar-refractivity contribution in [2.75, 3.05) is 7.11 Å². The van der Waals surface area contributed by atoms with E-state index in [0.717, 1.165) is 11.3 Å². The maximum atomic E-state index is 12.1. The largest absolute Gasteiger partial charge is 0.471 e. The maximum Gasteiger partial charge on any atom is 0.268 e. The van der Waals surface area contributed by atoms with E-state index in [1.807, 2.05) is 42.9 Å². The van der Waals surface area contributed by atoms with Crippen molar-refractivity contribution in [1.82, 2.24) is 4.57 Å². The molecule has 1 aromatic carbocycles. The Morgan fingerprint density at radius 2 is 2.05 bits per heavy atom. The molecule has 1 heterocycles. The Morgan fingerprint density at radius 1 is 1.38 bits per heavy atom. The van der Waals surface area contributed by atoms with Crippen molar-refractivity contribution in [2.24, 2.45) is 14.1 Å². The Balaban J connectivity index is 2.19. The van der Waals surface area contributed by atoms with Crippen molar-refractivity contribution in [1.29, 1.82) is 0 Å². The molecule has 5 heteroatoms. The highest BCUT2D eigenvalue weighted by Crippen LogP contribution is 2.15. The maximum absolute atomic E-state index is 12.1. The second-order valence-electron chi connectivity index (χ2n) is 5.36. The number of nitrogens with zero attached hydrogens (tertiary/aromatic N) is 2. The Kier molecular flexibility index (Phi) is 4.83. The van der Waals surface area contributed by atoms with Crippen molar-refractivity contribution in [3.8, 4) is 0 Å². The zero-order chi connectivity index (χ0) is 15.4. The SMILES string of the molecule is COC(=O)C([B-]c1n(C)cc[n+]1C)Cc1ccc(C)cc1. The number of hydrogen-bond acceptors (Lipinski definition) is 2. The Hall–Kier alpha value is -2.04. The summed E-state index contributed by atoms with van der Waals surface area (Å²) in [7, 11) is 7.33. The van der Waals surface area contributed by atoms with Gasteiger partial charge >= 0.3 is 0 Å². The molecule has 0 saturated heterocycles. The molecule has 1 aromatic heterocycles. The van der Waals surface area contributed by atoms with E-state index in [0.29, 0.717) is 6.42 Å². The third-order valence-corrected chi connectivity index (χ3v) is 3.67. The van der Waals surface area contributed by atoms with Gasteiger partial charge in [-0.3, -0.25) is 13.9 Å². The lowest BCUT2D eigenvalue weighted by Gasteiger charge is -2.24. The van der Waals surface area contributed by atoms with Crippen LogP contribution in [0.15, 0.2) is 36.7 Å². The Labute approximate surface area is 126 Å². The van der Waals surface area contributed by atoms with E-state index < -0.39 is 0 Å². The summed E-state index contributed by atoms with van der Waals surface area (Å²) in [5, 5.41) is 0. The summed E-state index contributed by atoms with van der Waals surface area (Å²) in [6, 6.07) is 8.24. The van der Waals surface area contributed by atoms with E-state index in [4.69, 9.17) is 4.74 Å². The van der Waals surface area contributed by atoms with Crippen LogP contribution in [0.1, 0.15) is 11.1 Å². The predicted octanol–water partition coefficient (Wildman–Crippen LogP) is 0.692. The van der Waals surface area contributed by atoms with Crippen molar-refractivity contribution in [3.05, 3.63) is 47.8 Å². The fourth-order valence-corrected chi connectivity index (χ4v) is 2.36. The molecular weight excluding hydrogens is 263 g/mol. The lowest BCUT2D eigenvalue weighted by atomic mass is 9.61. The molecule has 4 nitrogen and oxygen atoms in total. The molecule has 21 heavy (non-hydrogen) atoms. The van der Waals surface area contributed by atoms with Gasteiger partial charge in [0.2, 0.25) is 0 Å². The van der Waals surface area contributed by atoms with Crippen LogP contribution in [0.3, 0.4) is 0 Å². The first-order valence-electron chi connectivity index (χ1n) is 7.00. The van der Waals surface area contributed by atoms with E-state index in [2.05, 4.69) is 31.2 Å². The van der Waals surface area contributed by atoms with Crippen LogP contribution in [0.4, 0.5) is 0 Å². The predicted molar refractivity (Wildman–Crippen MR) is 82.6 cm³/mol. The molecule has 0 fully saturated rings. The first kappa shape index (κ1) is 15.4. The number of hydrogen-bond donors (Lipinski definition) is 0. The number of imidazole rings is 1. The van der Waals surface area contributed by atoms with Crippen LogP contribution in [-0.4, -0.2) is 24.9 Å². The van der Waals surface area contributed by atoms with Crippen LogP contribution >= 0.6 is 0 Å². The smallest absolute Gasteiger partial charge is 0.268 e. The van der Waals surface area contributed by atoms with Gasteiger partial charge in [-0.05, 0) is 6.92 Å². The number of benzene rings is 1. The molecule has 0 amide bonds. The number of ether oxygens (including phenoxy) is 1. The van der Waals surface area contributed by atoms with Crippen LogP contribution in [0.2, 0.25) is 5.82 Å². The molecule has 0 saturated carbocycles. The lowest BCUT2D eigenvalue weighted by Crippen LogP contribution is -2.51. The summed E-state index contributed by atoms with van der Waals surface area (Å²) in [6.45, 7) is 2.05. The van der Waals surface area contributed by atoms with E-state index in [1.165, 1.54) is 12.7 Å². The quantitative estimate of drug-likeness (QED) is 0.460. The summed E-state index contributed by atoms with van der Waals surface area (Å²) >= 11 is 0. The van der Waals surface area contributed by atoms with Crippen LogP contribution in [0.25, 0.3) is 0 Å². The van der Waals surface area contributed by atoms with Gasteiger partial charge in [0, 0.05) is 5.72 Å². The number of carbonyl (C=O) groups is 1. The van der Waals surface area contributed by atoms with Crippen molar-refractivity contribution in [2.45, 2.75) is 19.2 Å². The van der Waals surface area contributed by atoms with E-state index in [9.17, 15) is 4.79 Å². The number of aromatic nitrogens is 2. The van der Waals surface area contributed by atoms with Gasteiger partial charge in [0.25, 0.3) is 5.97 Å². The zero-order valence-electron chi connectivity index (χ0n) is 13.0. The minimum Gasteiger partial charge on any atom is -0.471 e. The molecule has 0 aliphatic rings. The summed E-state index contributed by atoms with van der Waals surface area (Å²) in [5.41, 5.74) is 3.33. The Bertz CT molecular complexity index is 600. The van der Waals surface area contributed by atoms with Crippen molar-refractivity contribution in [3.63, 3.8) is 0 Å². The van der Waals surface area contributed by atoms with E-state index in [1.54, 1.807) is 0 Å².